The van der Waals surface area contributed by atoms with Crippen molar-refractivity contribution in [2.45, 2.75) is 117 Å². The van der Waals surface area contributed by atoms with Gasteiger partial charge < -0.3 is 19.7 Å². The van der Waals surface area contributed by atoms with E-state index in [2.05, 4.69) is 202 Å². The second kappa shape index (κ2) is 14.0. The minimum atomic E-state index is -0.734. The molecule has 0 saturated heterocycles. The van der Waals surface area contributed by atoms with Gasteiger partial charge in [0.15, 0.2) is 0 Å². The third-order valence-corrected chi connectivity index (χ3v) is 12.4. The zero-order valence-electron chi connectivity index (χ0n) is 36.7. The number of rotatable bonds is 5. The van der Waals surface area contributed by atoms with Crippen LogP contribution in [-0.2, 0) is 28.2 Å². The summed E-state index contributed by atoms with van der Waals surface area (Å²) < 4.78 is 4.81. The average Bonchev–Trinajstić information content (AvgIpc) is 3.73. The van der Waals surface area contributed by atoms with Crippen molar-refractivity contribution in [3.8, 4) is 5.69 Å². The first-order valence-corrected chi connectivity index (χ1v) is 20.7. The van der Waals surface area contributed by atoms with Gasteiger partial charge in [0.1, 0.15) is 6.10 Å². The SMILES string of the molecule is C=CC1=C(/C=C\Cn2c3ccc(C(C)(C)C)cc3c3cc(C(C)(C)C)ccc32)C(O)c2ccc(-n3c4ccc(C(C)(C)C)cc4c4cc(C(C)(C)C)ccc43)cc21.O. The predicted octanol–water partition coefficient (Wildman–Crippen LogP) is 13.5. The molecule has 1 unspecified atom stereocenters. The van der Waals surface area contributed by atoms with Crippen LogP contribution in [-0.4, -0.2) is 19.7 Å². The number of allylic oxidation sites excluding steroid dienone is 3. The number of aromatic nitrogens is 2. The number of hydrogen-bond donors (Lipinski definition) is 1. The summed E-state index contributed by atoms with van der Waals surface area (Å²) in [5.41, 5.74) is 15.2. The minimum absolute atomic E-state index is 0. The maximum absolute atomic E-state index is 11.9. The molecule has 3 N–H and O–H groups in total. The van der Waals surface area contributed by atoms with Crippen LogP contribution in [0.3, 0.4) is 0 Å². The highest BCUT2D eigenvalue weighted by Crippen LogP contribution is 2.45. The molecule has 5 aromatic carbocycles. The van der Waals surface area contributed by atoms with Crippen LogP contribution in [0, 0.1) is 0 Å². The largest absolute Gasteiger partial charge is 0.412 e. The zero-order chi connectivity index (χ0) is 41.0. The van der Waals surface area contributed by atoms with Crippen LogP contribution in [0.15, 0.2) is 121 Å². The molecule has 0 spiro atoms. The summed E-state index contributed by atoms with van der Waals surface area (Å²) in [7, 11) is 0. The highest BCUT2D eigenvalue weighted by molar-refractivity contribution is 6.10. The van der Waals surface area contributed by atoms with Crippen molar-refractivity contribution in [3.63, 3.8) is 0 Å². The Balaban J connectivity index is 0.00000512. The topological polar surface area (TPSA) is 61.6 Å². The normalized spacial score (nSPS) is 15.4. The molecule has 1 aliphatic carbocycles. The van der Waals surface area contributed by atoms with Gasteiger partial charge in [-0.15, -0.1) is 0 Å². The summed E-state index contributed by atoms with van der Waals surface area (Å²) in [4.78, 5) is 0. The highest BCUT2D eigenvalue weighted by Gasteiger charge is 2.29. The van der Waals surface area contributed by atoms with Crippen LogP contribution < -0.4 is 0 Å². The molecule has 0 amide bonds. The molecule has 1 atom stereocenters. The van der Waals surface area contributed by atoms with Crippen molar-refractivity contribution < 1.29 is 10.6 Å². The first-order chi connectivity index (χ1) is 26.7. The summed E-state index contributed by atoms with van der Waals surface area (Å²) >= 11 is 0. The Morgan fingerprint density at radius 3 is 1.34 bits per heavy atom. The molecular formula is C54H62N2O2. The van der Waals surface area contributed by atoms with Gasteiger partial charge in [-0.2, -0.15) is 0 Å². The Hall–Kier alpha value is -5.16. The quantitative estimate of drug-likeness (QED) is 0.186. The van der Waals surface area contributed by atoms with E-state index in [0.717, 1.165) is 28.0 Å². The van der Waals surface area contributed by atoms with Crippen molar-refractivity contribution in [2.75, 3.05) is 0 Å². The van der Waals surface area contributed by atoms with Crippen LogP contribution >= 0.6 is 0 Å². The van der Waals surface area contributed by atoms with E-state index < -0.39 is 6.10 Å². The van der Waals surface area contributed by atoms with Crippen molar-refractivity contribution in [3.05, 3.63) is 155 Å². The summed E-state index contributed by atoms with van der Waals surface area (Å²) in [6, 6.07) is 34.4. The van der Waals surface area contributed by atoms with Gasteiger partial charge in [0.25, 0.3) is 0 Å². The molecule has 0 bridgehead atoms. The molecule has 0 saturated carbocycles. The van der Waals surface area contributed by atoms with Crippen LogP contribution in [0.4, 0.5) is 0 Å². The number of fused-ring (bicyclic) bond motifs is 7. The predicted molar refractivity (Wildman–Crippen MR) is 250 cm³/mol. The zero-order valence-corrected chi connectivity index (χ0v) is 36.7. The van der Waals surface area contributed by atoms with Gasteiger partial charge in [0.05, 0.1) is 11.0 Å². The third kappa shape index (κ3) is 6.84. The van der Waals surface area contributed by atoms with Gasteiger partial charge in [-0.25, -0.2) is 0 Å². The Morgan fingerprint density at radius 2 is 0.948 bits per heavy atom. The van der Waals surface area contributed by atoms with Gasteiger partial charge in [0, 0.05) is 44.8 Å². The lowest BCUT2D eigenvalue weighted by atomic mass is 9.85. The number of aliphatic hydroxyl groups is 1. The molecular weight excluding hydrogens is 709 g/mol. The maximum Gasteiger partial charge on any atom is 0.105 e. The van der Waals surface area contributed by atoms with Crippen LogP contribution in [0.25, 0.3) is 54.9 Å². The van der Waals surface area contributed by atoms with E-state index in [4.69, 9.17) is 0 Å². The average molecular weight is 771 g/mol. The van der Waals surface area contributed by atoms with Gasteiger partial charge in [-0.1, -0.05) is 138 Å². The fourth-order valence-corrected chi connectivity index (χ4v) is 8.79. The minimum Gasteiger partial charge on any atom is -0.412 e. The molecule has 2 aromatic heterocycles. The van der Waals surface area contributed by atoms with E-state index in [0.29, 0.717) is 6.54 Å². The summed E-state index contributed by atoms with van der Waals surface area (Å²) in [5.74, 6) is 0. The molecule has 2 heterocycles. The fourth-order valence-electron chi connectivity index (χ4n) is 8.79. The van der Waals surface area contributed by atoms with E-state index >= 15 is 0 Å². The van der Waals surface area contributed by atoms with E-state index in [9.17, 15) is 5.11 Å². The monoisotopic (exact) mass is 770 g/mol. The standard InChI is InChI=1S/C54H60N2O.H2O/c1-14-38-39(16-15-27-55-46-23-17-33(51(2,3)4)28-42(46)43-29-34(52(5,6)7)18-24-47(43)55)50(57)40-22-21-37(32-41(38)40)56-48-25-19-35(53(8,9)10)30-44(48)45-31-36(54(11,12)13)20-26-49(45)56;/h14-26,28-32,50,57H,1,27H2,2-13H3;1H2/b16-15-;. The number of nitrogens with zero attached hydrogens (tertiary/aromatic N) is 2. The molecule has 4 heteroatoms. The second-order valence-electron chi connectivity index (χ2n) is 20.5. The van der Waals surface area contributed by atoms with E-state index in [1.54, 1.807) is 0 Å². The number of hydrogen-bond acceptors (Lipinski definition) is 1. The first-order valence-electron chi connectivity index (χ1n) is 20.7. The molecule has 0 fully saturated rings. The second-order valence-corrected chi connectivity index (χ2v) is 20.5. The van der Waals surface area contributed by atoms with E-state index in [1.807, 2.05) is 6.08 Å². The van der Waals surface area contributed by atoms with Crippen molar-refractivity contribution in [1.29, 1.82) is 0 Å². The molecule has 1 aliphatic rings. The first kappa shape index (κ1) is 41.0. The summed E-state index contributed by atoms with van der Waals surface area (Å²) in [6.45, 7) is 32.3. The van der Waals surface area contributed by atoms with Crippen LogP contribution in [0.1, 0.15) is 123 Å². The molecule has 4 nitrogen and oxygen atoms in total. The number of aliphatic hydroxyl groups excluding tert-OH is 1. The van der Waals surface area contributed by atoms with Crippen LogP contribution in [0.5, 0.6) is 0 Å². The lowest BCUT2D eigenvalue weighted by molar-refractivity contribution is 0.223. The molecule has 300 valence electrons. The summed E-state index contributed by atoms with van der Waals surface area (Å²) in [6.07, 6.45) is 5.50. The van der Waals surface area contributed by atoms with Crippen molar-refractivity contribution in [2.24, 2.45) is 0 Å². The third-order valence-electron chi connectivity index (χ3n) is 12.4. The molecule has 0 radical (unpaired) electrons. The lowest BCUT2D eigenvalue weighted by Crippen LogP contribution is -2.10. The lowest BCUT2D eigenvalue weighted by Gasteiger charge is -2.19. The maximum atomic E-state index is 11.9. The van der Waals surface area contributed by atoms with Crippen LogP contribution in [0.2, 0.25) is 0 Å². The Morgan fingerprint density at radius 1 is 0.552 bits per heavy atom. The highest BCUT2D eigenvalue weighted by atomic mass is 16.3. The Bertz CT molecular complexity index is 2680. The van der Waals surface area contributed by atoms with Crippen molar-refractivity contribution in [1.82, 2.24) is 9.13 Å². The van der Waals surface area contributed by atoms with E-state index in [-0.39, 0.29) is 27.1 Å². The van der Waals surface area contributed by atoms with E-state index in [1.165, 1.54) is 65.9 Å². The number of benzene rings is 5. The molecule has 7 aromatic rings. The molecule has 58 heavy (non-hydrogen) atoms. The molecule has 8 rings (SSSR count). The Labute approximate surface area is 345 Å². The van der Waals surface area contributed by atoms with Gasteiger partial charge in [0.2, 0.25) is 0 Å². The van der Waals surface area contributed by atoms with Gasteiger partial charge in [-0.3, -0.25) is 0 Å². The fraction of sp³-hybridized carbons (Fsp3) is 0.333. The summed E-state index contributed by atoms with van der Waals surface area (Å²) in [5, 5.41) is 17.0. The Kier molecular flexibility index (Phi) is 9.90. The molecule has 0 aliphatic heterocycles. The van der Waals surface area contributed by atoms with Gasteiger partial charge in [-0.05, 0) is 127 Å². The van der Waals surface area contributed by atoms with Crippen molar-refractivity contribution >= 4 is 49.2 Å². The smallest absolute Gasteiger partial charge is 0.105 e. The van der Waals surface area contributed by atoms with Gasteiger partial charge >= 0.3 is 0 Å².